The summed E-state index contributed by atoms with van der Waals surface area (Å²) in [7, 11) is 0. The molecule has 1 aromatic heterocycles. The molecule has 1 aliphatic heterocycles. The van der Waals surface area contributed by atoms with E-state index in [1.807, 2.05) is 6.07 Å². The quantitative estimate of drug-likeness (QED) is 0.837. The largest absolute Gasteiger partial charge is 0.392 e. The predicted molar refractivity (Wildman–Crippen MR) is 63.3 cm³/mol. The van der Waals surface area contributed by atoms with Crippen molar-refractivity contribution in [2.24, 2.45) is 11.8 Å². The zero-order chi connectivity index (χ0) is 11.1. The van der Waals surface area contributed by atoms with Crippen molar-refractivity contribution in [1.82, 2.24) is 4.98 Å². The zero-order valence-corrected chi connectivity index (χ0v) is 9.69. The molecule has 0 bridgehead atoms. The third-order valence-electron chi connectivity index (χ3n) is 3.86. The number of nitrogens with zero attached hydrogens (tertiary/aromatic N) is 2. The lowest BCUT2D eigenvalue weighted by atomic mass is 10.1. The molecule has 1 aromatic rings. The van der Waals surface area contributed by atoms with Crippen LogP contribution in [0.3, 0.4) is 0 Å². The molecule has 3 heteroatoms. The second-order valence-corrected chi connectivity index (χ2v) is 4.95. The van der Waals surface area contributed by atoms with Crippen LogP contribution in [0.25, 0.3) is 0 Å². The van der Waals surface area contributed by atoms with Crippen molar-refractivity contribution in [2.75, 3.05) is 18.0 Å². The molecule has 2 heterocycles. The average molecular weight is 218 g/mol. The second-order valence-electron chi connectivity index (χ2n) is 4.95. The van der Waals surface area contributed by atoms with Crippen molar-refractivity contribution in [3.8, 4) is 0 Å². The van der Waals surface area contributed by atoms with E-state index in [0.717, 1.165) is 35.3 Å². The van der Waals surface area contributed by atoms with E-state index in [2.05, 4.69) is 22.9 Å². The summed E-state index contributed by atoms with van der Waals surface area (Å²) in [6, 6.07) is 4.07. The van der Waals surface area contributed by atoms with Gasteiger partial charge in [-0.05, 0) is 36.3 Å². The first-order valence-electron chi connectivity index (χ1n) is 6.16. The molecule has 16 heavy (non-hydrogen) atoms. The summed E-state index contributed by atoms with van der Waals surface area (Å²) in [4.78, 5) is 7.05. The Balaban J connectivity index is 1.84. The van der Waals surface area contributed by atoms with Gasteiger partial charge in [-0.25, -0.2) is 4.98 Å². The molecule has 0 radical (unpaired) electrons. The fraction of sp³-hybridized carbons (Fsp3) is 0.615. The van der Waals surface area contributed by atoms with Gasteiger partial charge in [-0.1, -0.05) is 13.0 Å². The molecule has 0 amide bonds. The van der Waals surface area contributed by atoms with Crippen LogP contribution in [0.15, 0.2) is 12.1 Å². The fourth-order valence-electron chi connectivity index (χ4n) is 2.73. The molecule has 86 valence electrons. The van der Waals surface area contributed by atoms with Crippen LogP contribution in [0.2, 0.25) is 0 Å². The SMILES string of the molecule is CCc1nc(N2CC3CC3C2)ccc1CO. The number of piperidine rings is 1. The maximum Gasteiger partial charge on any atom is 0.128 e. The van der Waals surface area contributed by atoms with Crippen LogP contribution in [-0.2, 0) is 13.0 Å². The lowest BCUT2D eigenvalue weighted by Gasteiger charge is -2.20. The molecule has 3 nitrogen and oxygen atoms in total. The highest BCUT2D eigenvalue weighted by atomic mass is 16.3. The number of hydrogen-bond acceptors (Lipinski definition) is 3. The highest BCUT2D eigenvalue weighted by molar-refractivity contribution is 5.44. The third-order valence-corrected chi connectivity index (χ3v) is 3.86. The second kappa shape index (κ2) is 3.74. The van der Waals surface area contributed by atoms with Crippen LogP contribution in [0.5, 0.6) is 0 Å². The third kappa shape index (κ3) is 1.59. The summed E-state index contributed by atoms with van der Waals surface area (Å²) in [5, 5.41) is 9.20. The lowest BCUT2D eigenvalue weighted by Crippen LogP contribution is -2.23. The molecule has 2 unspecified atom stereocenters. The normalized spacial score (nSPS) is 27.0. The minimum atomic E-state index is 0.0989. The monoisotopic (exact) mass is 218 g/mol. The van der Waals surface area contributed by atoms with Gasteiger partial charge in [-0.2, -0.15) is 0 Å². The topological polar surface area (TPSA) is 36.4 Å². The Morgan fingerprint density at radius 3 is 2.75 bits per heavy atom. The first-order valence-corrected chi connectivity index (χ1v) is 6.16. The van der Waals surface area contributed by atoms with E-state index in [-0.39, 0.29) is 6.61 Å². The molecular weight excluding hydrogens is 200 g/mol. The van der Waals surface area contributed by atoms with Crippen molar-refractivity contribution >= 4 is 5.82 Å². The Hall–Kier alpha value is -1.09. The maximum atomic E-state index is 9.20. The number of aliphatic hydroxyl groups is 1. The molecule has 2 fully saturated rings. The number of fused-ring (bicyclic) bond motifs is 1. The summed E-state index contributed by atoms with van der Waals surface area (Å²) in [6.45, 7) is 4.55. The Kier molecular flexibility index (Phi) is 2.36. The van der Waals surface area contributed by atoms with Crippen molar-refractivity contribution < 1.29 is 5.11 Å². The van der Waals surface area contributed by atoms with Crippen LogP contribution >= 0.6 is 0 Å². The van der Waals surface area contributed by atoms with Gasteiger partial charge < -0.3 is 10.0 Å². The van der Waals surface area contributed by atoms with Crippen LogP contribution in [0.1, 0.15) is 24.6 Å². The van der Waals surface area contributed by atoms with Crippen molar-refractivity contribution in [3.63, 3.8) is 0 Å². The highest BCUT2D eigenvalue weighted by Crippen LogP contribution is 2.45. The maximum absolute atomic E-state index is 9.20. The van der Waals surface area contributed by atoms with Gasteiger partial charge in [-0.15, -0.1) is 0 Å². The van der Waals surface area contributed by atoms with Crippen molar-refractivity contribution in [1.29, 1.82) is 0 Å². The smallest absolute Gasteiger partial charge is 0.128 e. The van der Waals surface area contributed by atoms with E-state index in [1.54, 1.807) is 0 Å². The summed E-state index contributed by atoms with van der Waals surface area (Å²) < 4.78 is 0. The summed E-state index contributed by atoms with van der Waals surface area (Å²) in [6.07, 6.45) is 2.32. The van der Waals surface area contributed by atoms with Crippen LogP contribution in [0, 0.1) is 11.8 Å². The Labute approximate surface area is 96.1 Å². The molecular formula is C13H18N2O. The number of hydrogen-bond donors (Lipinski definition) is 1. The number of pyridine rings is 1. The molecule has 1 saturated carbocycles. The van der Waals surface area contributed by atoms with E-state index in [1.165, 1.54) is 19.5 Å². The Morgan fingerprint density at radius 2 is 2.12 bits per heavy atom. The van der Waals surface area contributed by atoms with Crippen molar-refractivity contribution in [2.45, 2.75) is 26.4 Å². The molecule has 0 spiro atoms. The number of aliphatic hydroxyl groups excluding tert-OH is 1. The number of rotatable bonds is 3. The van der Waals surface area contributed by atoms with Gasteiger partial charge in [0, 0.05) is 18.8 Å². The van der Waals surface area contributed by atoms with Gasteiger partial charge in [-0.3, -0.25) is 0 Å². The lowest BCUT2D eigenvalue weighted by molar-refractivity contribution is 0.280. The van der Waals surface area contributed by atoms with Gasteiger partial charge in [0.2, 0.25) is 0 Å². The van der Waals surface area contributed by atoms with Crippen LogP contribution < -0.4 is 4.90 Å². The van der Waals surface area contributed by atoms with E-state index in [4.69, 9.17) is 0 Å². The first-order chi connectivity index (χ1) is 7.81. The Bertz CT molecular complexity index is 395. The highest BCUT2D eigenvalue weighted by Gasteiger charge is 2.45. The van der Waals surface area contributed by atoms with Gasteiger partial charge >= 0.3 is 0 Å². The molecule has 1 saturated heterocycles. The minimum Gasteiger partial charge on any atom is -0.392 e. The minimum absolute atomic E-state index is 0.0989. The summed E-state index contributed by atoms with van der Waals surface area (Å²) in [5.74, 6) is 2.97. The predicted octanol–water partition coefficient (Wildman–Crippen LogP) is 1.59. The summed E-state index contributed by atoms with van der Waals surface area (Å²) >= 11 is 0. The van der Waals surface area contributed by atoms with Gasteiger partial charge in [0.1, 0.15) is 5.82 Å². The average Bonchev–Trinajstić information content (AvgIpc) is 2.95. The molecule has 2 atom stereocenters. The first kappa shape index (κ1) is 10.1. The van der Waals surface area contributed by atoms with E-state index in [9.17, 15) is 5.11 Å². The van der Waals surface area contributed by atoms with E-state index < -0.39 is 0 Å². The van der Waals surface area contributed by atoms with Crippen molar-refractivity contribution in [3.05, 3.63) is 23.4 Å². The van der Waals surface area contributed by atoms with Crippen LogP contribution in [0.4, 0.5) is 5.82 Å². The van der Waals surface area contributed by atoms with Gasteiger partial charge in [0.15, 0.2) is 0 Å². The Morgan fingerprint density at radius 1 is 1.38 bits per heavy atom. The van der Waals surface area contributed by atoms with E-state index >= 15 is 0 Å². The fourth-order valence-corrected chi connectivity index (χ4v) is 2.73. The number of aromatic nitrogens is 1. The zero-order valence-electron chi connectivity index (χ0n) is 9.69. The van der Waals surface area contributed by atoms with Gasteiger partial charge in [0.25, 0.3) is 0 Å². The molecule has 2 aliphatic rings. The molecule has 1 aliphatic carbocycles. The van der Waals surface area contributed by atoms with Gasteiger partial charge in [0.05, 0.1) is 6.61 Å². The van der Waals surface area contributed by atoms with E-state index in [0.29, 0.717) is 0 Å². The molecule has 1 N–H and O–H groups in total. The number of aryl methyl sites for hydroxylation is 1. The summed E-state index contributed by atoms with van der Waals surface area (Å²) in [5.41, 5.74) is 2.01. The van der Waals surface area contributed by atoms with Crippen LogP contribution in [-0.4, -0.2) is 23.2 Å². The molecule has 0 aromatic carbocycles. The molecule has 3 rings (SSSR count). The standard InChI is InChI=1S/C13H18N2O/c1-2-12-9(8-16)3-4-13(14-12)15-6-10-5-11(10)7-15/h3-4,10-11,16H,2,5-8H2,1H3. The number of anilines is 1.